The molecule has 1 aromatic carbocycles. The van der Waals surface area contributed by atoms with Gasteiger partial charge in [0.05, 0.1) is 11.6 Å². The Hall–Kier alpha value is -1.26. The summed E-state index contributed by atoms with van der Waals surface area (Å²) < 4.78 is 4.78. The minimum absolute atomic E-state index is 0.0183. The first-order valence-corrected chi connectivity index (χ1v) is 5.32. The van der Waals surface area contributed by atoms with E-state index in [1.54, 1.807) is 19.1 Å². The van der Waals surface area contributed by atoms with Crippen LogP contribution in [0.2, 0.25) is 5.02 Å². The van der Waals surface area contributed by atoms with Gasteiger partial charge in [-0.2, -0.15) is 0 Å². The van der Waals surface area contributed by atoms with E-state index >= 15 is 0 Å². The fourth-order valence-electron chi connectivity index (χ4n) is 1.29. The maximum Gasteiger partial charge on any atom is 0.323 e. The number of carbonyl (C=O) groups is 1. The number of phenols is 1. The molecule has 0 saturated carbocycles. The van der Waals surface area contributed by atoms with Crippen LogP contribution >= 0.6 is 11.6 Å². The Labute approximate surface area is 99.0 Å². The molecule has 0 aromatic heterocycles. The summed E-state index contributed by atoms with van der Waals surface area (Å²) in [6, 6.07) is 4.07. The van der Waals surface area contributed by atoms with Crippen molar-refractivity contribution in [2.75, 3.05) is 6.61 Å². The molecule has 16 heavy (non-hydrogen) atoms. The van der Waals surface area contributed by atoms with Crippen LogP contribution in [0.3, 0.4) is 0 Å². The summed E-state index contributed by atoms with van der Waals surface area (Å²) >= 11 is 5.86. The van der Waals surface area contributed by atoms with Crippen molar-refractivity contribution >= 4 is 17.6 Å². The first-order valence-electron chi connectivity index (χ1n) is 4.94. The van der Waals surface area contributed by atoms with E-state index in [0.717, 1.165) is 0 Å². The van der Waals surface area contributed by atoms with Crippen LogP contribution in [0.15, 0.2) is 18.2 Å². The Morgan fingerprint density at radius 2 is 2.31 bits per heavy atom. The second-order valence-electron chi connectivity index (χ2n) is 3.31. The van der Waals surface area contributed by atoms with Gasteiger partial charge in [-0.3, -0.25) is 4.79 Å². The van der Waals surface area contributed by atoms with Crippen LogP contribution in [0.1, 0.15) is 12.5 Å². The van der Waals surface area contributed by atoms with E-state index in [4.69, 9.17) is 22.1 Å². The van der Waals surface area contributed by atoms with Gasteiger partial charge < -0.3 is 15.6 Å². The molecule has 0 aliphatic heterocycles. The van der Waals surface area contributed by atoms with Gasteiger partial charge in [0.15, 0.2) is 0 Å². The summed E-state index contributed by atoms with van der Waals surface area (Å²) in [5.74, 6) is -0.489. The molecule has 0 fully saturated rings. The predicted octanol–water partition coefficient (Wildman–Crippen LogP) is 1.48. The lowest BCUT2D eigenvalue weighted by molar-refractivity contribution is -0.144. The highest BCUT2D eigenvalue weighted by molar-refractivity contribution is 6.32. The van der Waals surface area contributed by atoms with E-state index in [0.29, 0.717) is 12.2 Å². The molecular formula is C11H14ClNO3. The third-order valence-corrected chi connectivity index (χ3v) is 2.52. The lowest BCUT2D eigenvalue weighted by Crippen LogP contribution is -2.34. The number of hydrogen-bond acceptors (Lipinski definition) is 4. The highest BCUT2D eigenvalue weighted by atomic mass is 35.5. The zero-order valence-corrected chi connectivity index (χ0v) is 9.70. The molecule has 0 aliphatic rings. The van der Waals surface area contributed by atoms with E-state index in [2.05, 4.69) is 0 Å². The number of ether oxygens (including phenoxy) is 1. The molecule has 1 aromatic rings. The molecule has 1 unspecified atom stereocenters. The summed E-state index contributed by atoms with van der Waals surface area (Å²) in [5, 5.41) is 9.59. The zero-order valence-electron chi connectivity index (χ0n) is 8.94. The average Bonchev–Trinajstić information content (AvgIpc) is 2.25. The van der Waals surface area contributed by atoms with Crippen molar-refractivity contribution in [2.24, 2.45) is 5.73 Å². The smallest absolute Gasteiger partial charge is 0.323 e. The Balaban J connectivity index is 2.73. The number of esters is 1. The van der Waals surface area contributed by atoms with Crippen molar-refractivity contribution in [1.29, 1.82) is 0 Å². The topological polar surface area (TPSA) is 72.5 Å². The number of carbonyl (C=O) groups excluding carboxylic acids is 1. The number of nitrogens with two attached hydrogens (primary N) is 1. The lowest BCUT2D eigenvalue weighted by Gasteiger charge is -2.11. The molecule has 1 atom stereocenters. The van der Waals surface area contributed by atoms with Gasteiger partial charge >= 0.3 is 5.97 Å². The van der Waals surface area contributed by atoms with Crippen LogP contribution in [0.4, 0.5) is 0 Å². The zero-order chi connectivity index (χ0) is 12.1. The fraction of sp³-hybridized carbons (Fsp3) is 0.364. The number of aromatic hydroxyl groups is 1. The quantitative estimate of drug-likeness (QED) is 0.786. The van der Waals surface area contributed by atoms with Crippen LogP contribution in [-0.2, 0) is 16.0 Å². The van der Waals surface area contributed by atoms with Gasteiger partial charge in [-0.25, -0.2) is 0 Å². The van der Waals surface area contributed by atoms with E-state index in [1.807, 2.05) is 0 Å². The maximum absolute atomic E-state index is 11.3. The van der Waals surface area contributed by atoms with Crippen molar-refractivity contribution in [2.45, 2.75) is 19.4 Å². The Kier molecular flexibility index (Phi) is 4.58. The second-order valence-corrected chi connectivity index (χ2v) is 3.69. The van der Waals surface area contributed by atoms with E-state index < -0.39 is 12.0 Å². The molecule has 5 heteroatoms. The first kappa shape index (κ1) is 12.8. The summed E-state index contributed by atoms with van der Waals surface area (Å²) in [7, 11) is 0. The first-order chi connectivity index (χ1) is 7.56. The normalized spacial score (nSPS) is 12.2. The third kappa shape index (κ3) is 3.12. The number of hydrogen-bond donors (Lipinski definition) is 2. The standard InChI is InChI=1S/C11H14ClNO3/c1-2-16-11(15)8(13)6-7-4-3-5-9(14)10(7)12/h3-5,8,14H,2,6,13H2,1H3. The predicted molar refractivity (Wildman–Crippen MR) is 61.4 cm³/mol. The van der Waals surface area contributed by atoms with Gasteiger partial charge in [0.25, 0.3) is 0 Å². The lowest BCUT2D eigenvalue weighted by atomic mass is 10.1. The van der Waals surface area contributed by atoms with Gasteiger partial charge in [0, 0.05) is 0 Å². The van der Waals surface area contributed by atoms with Crippen LogP contribution in [-0.4, -0.2) is 23.7 Å². The summed E-state index contributed by atoms with van der Waals surface area (Å²) in [6.45, 7) is 2.01. The summed E-state index contributed by atoms with van der Waals surface area (Å²) in [5.41, 5.74) is 6.27. The molecule has 0 bridgehead atoms. The summed E-state index contributed by atoms with van der Waals surface area (Å²) in [4.78, 5) is 11.3. The molecule has 0 radical (unpaired) electrons. The molecule has 0 saturated heterocycles. The minimum Gasteiger partial charge on any atom is -0.506 e. The van der Waals surface area contributed by atoms with Crippen LogP contribution in [0.25, 0.3) is 0 Å². The maximum atomic E-state index is 11.3. The highest BCUT2D eigenvalue weighted by Crippen LogP contribution is 2.27. The molecule has 0 aliphatic carbocycles. The van der Waals surface area contributed by atoms with Crippen LogP contribution < -0.4 is 5.73 Å². The van der Waals surface area contributed by atoms with Crippen molar-refractivity contribution in [3.63, 3.8) is 0 Å². The fourth-order valence-corrected chi connectivity index (χ4v) is 1.50. The van der Waals surface area contributed by atoms with Gasteiger partial charge in [-0.15, -0.1) is 0 Å². The van der Waals surface area contributed by atoms with Gasteiger partial charge in [-0.05, 0) is 25.0 Å². The monoisotopic (exact) mass is 243 g/mol. The number of rotatable bonds is 4. The van der Waals surface area contributed by atoms with E-state index in [1.165, 1.54) is 6.07 Å². The number of benzene rings is 1. The minimum atomic E-state index is -0.765. The van der Waals surface area contributed by atoms with Gasteiger partial charge in [-0.1, -0.05) is 23.7 Å². The van der Waals surface area contributed by atoms with Crippen LogP contribution in [0, 0.1) is 0 Å². The number of phenolic OH excluding ortho intramolecular Hbond substituents is 1. The third-order valence-electron chi connectivity index (χ3n) is 2.09. The molecule has 4 nitrogen and oxygen atoms in total. The Morgan fingerprint density at radius 1 is 1.62 bits per heavy atom. The largest absolute Gasteiger partial charge is 0.506 e. The molecule has 0 amide bonds. The van der Waals surface area contributed by atoms with E-state index in [-0.39, 0.29) is 17.2 Å². The second kappa shape index (κ2) is 5.72. The van der Waals surface area contributed by atoms with Gasteiger partial charge in [0.2, 0.25) is 0 Å². The summed E-state index contributed by atoms with van der Waals surface area (Å²) in [6.07, 6.45) is 0.242. The molecule has 88 valence electrons. The van der Waals surface area contributed by atoms with Crippen molar-refractivity contribution < 1.29 is 14.6 Å². The highest BCUT2D eigenvalue weighted by Gasteiger charge is 2.17. The Morgan fingerprint density at radius 3 is 2.94 bits per heavy atom. The van der Waals surface area contributed by atoms with Crippen molar-refractivity contribution in [1.82, 2.24) is 0 Å². The molecular weight excluding hydrogens is 230 g/mol. The molecule has 3 N–H and O–H groups in total. The van der Waals surface area contributed by atoms with Crippen LogP contribution in [0.5, 0.6) is 5.75 Å². The molecule has 0 heterocycles. The molecule has 0 spiro atoms. The van der Waals surface area contributed by atoms with Crippen molar-refractivity contribution in [3.8, 4) is 5.75 Å². The Bertz CT molecular complexity index is 381. The van der Waals surface area contributed by atoms with E-state index in [9.17, 15) is 9.90 Å². The SMILES string of the molecule is CCOC(=O)C(N)Cc1cccc(O)c1Cl. The van der Waals surface area contributed by atoms with Crippen molar-refractivity contribution in [3.05, 3.63) is 28.8 Å². The molecule has 1 rings (SSSR count). The number of halogens is 1. The van der Waals surface area contributed by atoms with Gasteiger partial charge in [0.1, 0.15) is 11.8 Å². The average molecular weight is 244 g/mol.